The number of aliphatic imine (C=N–C) groups is 1. The second-order valence-corrected chi connectivity index (χ2v) is 7.22. The summed E-state index contributed by atoms with van der Waals surface area (Å²) in [7, 11) is 3.78. The molecule has 0 saturated carbocycles. The van der Waals surface area contributed by atoms with Crippen molar-refractivity contribution in [3.05, 3.63) is 65.7 Å². The number of para-hydroxylation sites is 1. The van der Waals surface area contributed by atoms with E-state index in [0.29, 0.717) is 26.1 Å². The van der Waals surface area contributed by atoms with E-state index in [1.807, 2.05) is 48.3 Å². The fraction of sp³-hybridized carbons (Fsp3) is 0.391. The van der Waals surface area contributed by atoms with E-state index in [1.165, 1.54) is 11.1 Å². The van der Waals surface area contributed by atoms with Crippen LogP contribution < -0.4 is 10.1 Å². The Morgan fingerprint density at radius 1 is 1.17 bits per heavy atom. The van der Waals surface area contributed by atoms with Gasteiger partial charge in [0.15, 0.2) is 5.96 Å². The van der Waals surface area contributed by atoms with Crippen LogP contribution in [0.4, 0.5) is 0 Å². The van der Waals surface area contributed by atoms with Crippen LogP contribution in [0.2, 0.25) is 0 Å². The number of amides is 1. The molecule has 1 saturated heterocycles. The van der Waals surface area contributed by atoms with Crippen molar-refractivity contribution in [2.45, 2.75) is 25.9 Å². The molecule has 6 nitrogen and oxygen atoms in total. The van der Waals surface area contributed by atoms with E-state index in [9.17, 15) is 4.79 Å². The third kappa shape index (κ3) is 7.19. The SMILES string of the molecule is CN=C(NCc1cccc(CN2CCCC2=O)c1)N(C)CCOc1ccccc1.I. The molecule has 1 heterocycles. The van der Waals surface area contributed by atoms with E-state index in [-0.39, 0.29) is 29.9 Å². The van der Waals surface area contributed by atoms with Gasteiger partial charge in [-0.15, -0.1) is 24.0 Å². The van der Waals surface area contributed by atoms with E-state index in [2.05, 4.69) is 33.4 Å². The third-order valence-electron chi connectivity index (χ3n) is 5.00. The highest BCUT2D eigenvalue weighted by Crippen LogP contribution is 2.15. The lowest BCUT2D eigenvalue weighted by Crippen LogP contribution is -2.40. The number of benzene rings is 2. The van der Waals surface area contributed by atoms with Crippen LogP contribution in [-0.2, 0) is 17.9 Å². The Bertz CT molecular complexity index is 829. The average molecular weight is 522 g/mol. The van der Waals surface area contributed by atoms with Crippen LogP contribution in [0.5, 0.6) is 5.75 Å². The van der Waals surface area contributed by atoms with Crippen LogP contribution >= 0.6 is 24.0 Å². The predicted octanol–water partition coefficient (Wildman–Crippen LogP) is 3.51. The Hall–Kier alpha value is -2.29. The van der Waals surface area contributed by atoms with Gasteiger partial charge in [0.2, 0.25) is 5.91 Å². The minimum Gasteiger partial charge on any atom is -0.492 e. The van der Waals surface area contributed by atoms with E-state index >= 15 is 0 Å². The molecule has 0 spiro atoms. The first-order valence-corrected chi connectivity index (χ1v) is 10.1. The standard InChI is InChI=1S/C23H30N4O2.HI/c1-24-23(26(2)14-15-29-21-10-4-3-5-11-21)25-17-19-8-6-9-20(16-19)18-27-13-7-12-22(27)28;/h3-6,8-11,16H,7,12-15,17-18H2,1-2H3,(H,24,25);1H. The maximum absolute atomic E-state index is 11.9. The maximum atomic E-state index is 11.9. The molecule has 2 aromatic rings. The van der Waals surface area contributed by atoms with Gasteiger partial charge < -0.3 is 19.9 Å². The predicted molar refractivity (Wildman–Crippen MR) is 131 cm³/mol. The van der Waals surface area contributed by atoms with Crippen molar-refractivity contribution in [3.8, 4) is 5.75 Å². The topological polar surface area (TPSA) is 57.2 Å². The molecular weight excluding hydrogens is 491 g/mol. The fourth-order valence-corrected chi connectivity index (χ4v) is 3.42. The molecule has 7 heteroatoms. The molecule has 1 fully saturated rings. The molecule has 0 aliphatic carbocycles. The summed E-state index contributed by atoms with van der Waals surface area (Å²) in [5.41, 5.74) is 2.34. The normalized spacial score (nSPS) is 13.7. The number of likely N-dealkylation sites (N-methyl/N-ethyl adjacent to an activating group) is 1. The Morgan fingerprint density at radius 3 is 2.63 bits per heavy atom. The van der Waals surface area contributed by atoms with Gasteiger partial charge in [0, 0.05) is 40.2 Å². The minimum atomic E-state index is 0. The summed E-state index contributed by atoms with van der Waals surface area (Å²) in [6.45, 7) is 3.55. The first kappa shape index (κ1) is 24.0. The molecule has 3 rings (SSSR count). The number of likely N-dealkylation sites (tertiary alicyclic amines) is 1. The summed E-state index contributed by atoms with van der Waals surface area (Å²) in [5.74, 6) is 1.95. The first-order chi connectivity index (χ1) is 14.2. The zero-order valence-electron chi connectivity index (χ0n) is 17.7. The molecule has 0 atom stereocenters. The van der Waals surface area contributed by atoms with Gasteiger partial charge in [-0.05, 0) is 29.7 Å². The number of ether oxygens (including phenoxy) is 1. The van der Waals surface area contributed by atoms with Gasteiger partial charge in [-0.25, -0.2) is 0 Å². The van der Waals surface area contributed by atoms with Gasteiger partial charge in [0.05, 0.1) is 6.54 Å². The highest BCUT2D eigenvalue weighted by Gasteiger charge is 2.19. The van der Waals surface area contributed by atoms with Gasteiger partial charge in [0.25, 0.3) is 0 Å². The molecule has 1 aliphatic rings. The van der Waals surface area contributed by atoms with Gasteiger partial charge in [-0.3, -0.25) is 9.79 Å². The number of carbonyl (C=O) groups excluding carboxylic acids is 1. The zero-order chi connectivity index (χ0) is 20.5. The number of nitrogens with one attached hydrogen (secondary N) is 1. The summed E-state index contributed by atoms with van der Waals surface area (Å²) in [6, 6.07) is 18.2. The van der Waals surface area contributed by atoms with Crippen LogP contribution in [0.1, 0.15) is 24.0 Å². The summed E-state index contributed by atoms with van der Waals surface area (Å²) in [5, 5.41) is 3.40. The van der Waals surface area contributed by atoms with E-state index in [4.69, 9.17) is 4.74 Å². The van der Waals surface area contributed by atoms with Crippen molar-refractivity contribution in [3.63, 3.8) is 0 Å². The van der Waals surface area contributed by atoms with Crippen LogP contribution in [0.15, 0.2) is 59.6 Å². The molecule has 30 heavy (non-hydrogen) atoms. The van der Waals surface area contributed by atoms with Crippen molar-refractivity contribution in [1.29, 1.82) is 0 Å². The number of hydrogen-bond donors (Lipinski definition) is 1. The highest BCUT2D eigenvalue weighted by atomic mass is 127. The molecule has 1 N–H and O–H groups in total. The molecule has 0 unspecified atom stereocenters. The van der Waals surface area contributed by atoms with Gasteiger partial charge in [0.1, 0.15) is 12.4 Å². The van der Waals surface area contributed by atoms with Crippen LogP contribution in [0.25, 0.3) is 0 Å². The number of rotatable bonds is 8. The van der Waals surface area contributed by atoms with Crippen LogP contribution in [-0.4, -0.2) is 55.5 Å². The van der Waals surface area contributed by atoms with Gasteiger partial charge in [-0.1, -0.05) is 42.5 Å². The van der Waals surface area contributed by atoms with E-state index < -0.39 is 0 Å². The molecule has 162 valence electrons. The van der Waals surface area contributed by atoms with Crippen molar-refractivity contribution < 1.29 is 9.53 Å². The van der Waals surface area contributed by atoms with E-state index in [1.54, 1.807) is 7.05 Å². The number of halogens is 1. The monoisotopic (exact) mass is 522 g/mol. The zero-order valence-corrected chi connectivity index (χ0v) is 20.0. The highest BCUT2D eigenvalue weighted by molar-refractivity contribution is 14.0. The third-order valence-corrected chi connectivity index (χ3v) is 5.00. The second-order valence-electron chi connectivity index (χ2n) is 7.22. The Balaban J connectivity index is 0.00000320. The second kappa shape index (κ2) is 12.4. The lowest BCUT2D eigenvalue weighted by atomic mass is 10.1. The fourth-order valence-electron chi connectivity index (χ4n) is 3.42. The molecule has 1 amide bonds. The number of carbonyl (C=O) groups is 1. The smallest absolute Gasteiger partial charge is 0.222 e. The molecular formula is C23H31IN4O2. The number of nitrogens with zero attached hydrogens (tertiary/aromatic N) is 3. The Kier molecular flexibility index (Phi) is 9.93. The van der Waals surface area contributed by atoms with Crippen molar-refractivity contribution in [2.75, 3.05) is 33.8 Å². The Morgan fingerprint density at radius 2 is 1.93 bits per heavy atom. The summed E-state index contributed by atoms with van der Waals surface area (Å²) >= 11 is 0. The molecule has 1 aliphatic heterocycles. The van der Waals surface area contributed by atoms with Crippen LogP contribution in [0.3, 0.4) is 0 Å². The lowest BCUT2D eigenvalue weighted by molar-refractivity contribution is -0.128. The molecule has 0 bridgehead atoms. The van der Waals surface area contributed by atoms with Gasteiger partial charge in [-0.2, -0.15) is 0 Å². The quantitative estimate of drug-likeness (QED) is 0.328. The van der Waals surface area contributed by atoms with Crippen LogP contribution in [0, 0.1) is 0 Å². The largest absolute Gasteiger partial charge is 0.492 e. The maximum Gasteiger partial charge on any atom is 0.222 e. The lowest BCUT2D eigenvalue weighted by Gasteiger charge is -2.22. The minimum absolute atomic E-state index is 0. The average Bonchev–Trinajstić information content (AvgIpc) is 3.14. The molecule has 0 radical (unpaired) electrons. The first-order valence-electron chi connectivity index (χ1n) is 10.1. The van der Waals surface area contributed by atoms with Crippen molar-refractivity contribution in [2.24, 2.45) is 4.99 Å². The summed E-state index contributed by atoms with van der Waals surface area (Å²) in [4.78, 5) is 20.2. The number of guanidine groups is 1. The van der Waals surface area contributed by atoms with Gasteiger partial charge >= 0.3 is 0 Å². The van der Waals surface area contributed by atoms with E-state index in [0.717, 1.165) is 31.2 Å². The number of hydrogen-bond acceptors (Lipinski definition) is 3. The molecule has 2 aromatic carbocycles. The van der Waals surface area contributed by atoms with Crippen molar-refractivity contribution in [1.82, 2.24) is 15.1 Å². The van der Waals surface area contributed by atoms with Crippen molar-refractivity contribution >= 4 is 35.8 Å². The molecule has 0 aromatic heterocycles. The summed E-state index contributed by atoms with van der Waals surface area (Å²) < 4.78 is 5.77. The summed E-state index contributed by atoms with van der Waals surface area (Å²) in [6.07, 6.45) is 1.65. The Labute approximate surface area is 196 Å².